The molecule has 0 heterocycles. The Balaban J connectivity index is 2.86. The first-order chi connectivity index (χ1) is 9.13. The van der Waals surface area contributed by atoms with Crippen LogP contribution in [0.5, 0.6) is 5.75 Å². The number of ether oxygens (including phenoxy) is 1. The zero-order valence-electron chi connectivity index (χ0n) is 11.6. The van der Waals surface area contributed by atoms with Gasteiger partial charge in [0.15, 0.2) is 0 Å². The van der Waals surface area contributed by atoms with Crippen LogP contribution in [-0.4, -0.2) is 43.5 Å². The maximum absolute atomic E-state index is 12.4. The maximum atomic E-state index is 12.4. The minimum atomic E-state index is -0.203. The van der Waals surface area contributed by atoms with Gasteiger partial charge < -0.3 is 15.0 Å². The van der Waals surface area contributed by atoms with Crippen molar-refractivity contribution in [2.75, 3.05) is 26.7 Å². The Morgan fingerprint density at radius 3 is 2.53 bits per heavy atom. The van der Waals surface area contributed by atoms with E-state index in [9.17, 15) is 9.59 Å². The monoisotopic (exact) mass is 264 g/mol. The Kier molecular flexibility index (Phi) is 5.85. The topological polar surface area (TPSA) is 58.6 Å². The first-order valence-electron chi connectivity index (χ1n) is 6.33. The number of rotatable bonds is 6. The molecule has 104 valence electrons. The smallest absolute Gasteiger partial charge is 0.258 e. The van der Waals surface area contributed by atoms with E-state index >= 15 is 0 Å². The number of methoxy groups -OCH3 is 1. The van der Waals surface area contributed by atoms with Crippen LogP contribution in [0.15, 0.2) is 24.3 Å². The number of carbonyl (C=O) groups excluding carboxylic acids is 2. The summed E-state index contributed by atoms with van der Waals surface area (Å²) in [6.07, 6.45) is 0. The van der Waals surface area contributed by atoms with Crippen molar-refractivity contribution in [3.63, 3.8) is 0 Å². The van der Waals surface area contributed by atoms with Crippen LogP contribution in [0.4, 0.5) is 0 Å². The third kappa shape index (κ3) is 3.98. The molecule has 0 bridgehead atoms. The molecule has 0 radical (unpaired) electrons. The van der Waals surface area contributed by atoms with Gasteiger partial charge in [0.1, 0.15) is 5.75 Å². The molecule has 0 saturated heterocycles. The van der Waals surface area contributed by atoms with Crippen molar-refractivity contribution >= 4 is 11.8 Å². The number of amides is 2. The second kappa shape index (κ2) is 7.41. The predicted molar refractivity (Wildman–Crippen MR) is 73.3 cm³/mol. The Morgan fingerprint density at radius 2 is 1.95 bits per heavy atom. The molecule has 1 rings (SSSR count). The molecule has 0 aliphatic carbocycles. The van der Waals surface area contributed by atoms with Gasteiger partial charge >= 0.3 is 0 Å². The fraction of sp³-hybridized carbons (Fsp3) is 0.429. The molecule has 0 aromatic heterocycles. The molecular formula is C14H20N2O3. The van der Waals surface area contributed by atoms with Gasteiger partial charge in [0.05, 0.1) is 19.2 Å². The third-order valence-electron chi connectivity index (χ3n) is 2.71. The summed E-state index contributed by atoms with van der Waals surface area (Å²) in [4.78, 5) is 25.4. The van der Waals surface area contributed by atoms with Crippen molar-refractivity contribution in [2.45, 2.75) is 13.8 Å². The highest BCUT2D eigenvalue weighted by Crippen LogP contribution is 2.19. The first-order valence-corrected chi connectivity index (χ1v) is 6.33. The largest absolute Gasteiger partial charge is 0.496 e. The van der Waals surface area contributed by atoms with E-state index in [-0.39, 0.29) is 18.4 Å². The van der Waals surface area contributed by atoms with Crippen molar-refractivity contribution < 1.29 is 14.3 Å². The van der Waals surface area contributed by atoms with Crippen molar-refractivity contribution in [3.8, 4) is 5.75 Å². The number of likely N-dealkylation sites (N-methyl/N-ethyl adjacent to an activating group) is 2. The molecule has 1 aromatic carbocycles. The van der Waals surface area contributed by atoms with Gasteiger partial charge in [-0.25, -0.2) is 0 Å². The normalized spacial score (nSPS) is 9.84. The highest BCUT2D eigenvalue weighted by molar-refractivity contribution is 5.98. The van der Waals surface area contributed by atoms with E-state index in [0.29, 0.717) is 24.4 Å². The maximum Gasteiger partial charge on any atom is 0.258 e. The number of para-hydroxylation sites is 1. The molecule has 19 heavy (non-hydrogen) atoms. The summed E-state index contributed by atoms with van der Waals surface area (Å²) in [5, 5.41) is 2.68. The van der Waals surface area contributed by atoms with Crippen molar-refractivity contribution in [1.82, 2.24) is 10.2 Å². The van der Waals surface area contributed by atoms with E-state index in [4.69, 9.17) is 4.74 Å². The average molecular weight is 264 g/mol. The van der Waals surface area contributed by atoms with Crippen molar-refractivity contribution in [3.05, 3.63) is 29.8 Å². The number of nitrogens with one attached hydrogen (secondary N) is 1. The van der Waals surface area contributed by atoms with Gasteiger partial charge in [-0.1, -0.05) is 12.1 Å². The predicted octanol–water partition coefficient (Wildman–Crippen LogP) is 1.29. The van der Waals surface area contributed by atoms with E-state index < -0.39 is 0 Å². The van der Waals surface area contributed by atoms with Crippen molar-refractivity contribution in [2.24, 2.45) is 0 Å². The molecule has 0 spiro atoms. The summed E-state index contributed by atoms with van der Waals surface area (Å²) >= 11 is 0. The van der Waals surface area contributed by atoms with Crippen LogP contribution in [0.1, 0.15) is 24.2 Å². The SMILES string of the molecule is CCNC(=O)CN(CC)C(=O)c1ccccc1OC. The molecule has 5 heteroatoms. The summed E-state index contributed by atoms with van der Waals surface area (Å²) in [6.45, 7) is 4.76. The van der Waals surface area contributed by atoms with Crippen LogP contribution >= 0.6 is 0 Å². The number of hydrogen-bond acceptors (Lipinski definition) is 3. The second-order valence-electron chi connectivity index (χ2n) is 3.97. The highest BCUT2D eigenvalue weighted by Gasteiger charge is 2.19. The summed E-state index contributed by atoms with van der Waals surface area (Å²) in [7, 11) is 1.52. The molecule has 0 aliphatic heterocycles. The Hall–Kier alpha value is -2.04. The fourth-order valence-corrected chi connectivity index (χ4v) is 1.75. The minimum Gasteiger partial charge on any atom is -0.496 e. The number of nitrogens with zero attached hydrogens (tertiary/aromatic N) is 1. The van der Waals surface area contributed by atoms with E-state index in [1.54, 1.807) is 24.3 Å². The van der Waals surface area contributed by atoms with Crippen LogP contribution in [0, 0.1) is 0 Å². The van der Waals surface area contributed by atoms with Gasteiger partial charge in [0, 0.05) is 13.1 Å². The van der Waals surface area contributed by atoms with Gasteiger partial charge in [0.25, 0.3) is 5.91 Å². The molecule has 0 atom stereocenters. The molecule has 1 N–H and O–H groups in total. The highest BCUT2D eigenvalue weighted by atomic mass is 16.5. The number of benzene rings is 1. The lowest BCUT2D eigenvalue weighted by Gasteiger charge is -2.21. The van der Waals surface area contributed by atoms with Crippen LogP contribution in [0.25, 0.3) is 0 Å². The van der Waals surface area contributed by atoms with Crippen molar-refractivity contribution in [1.29, 1.82) is 0 Å². The van der Waals surface area contributed by atoms with E-state index in [0.717, 1.165) is 0 Å². The Bertz CT molecular complexity index is 446. The van der Waals surface area contributed by atoms with Crippen LogP contribution in [-0.2, 0) is 4.79 Å². The molecule has 0 unspecified atom stereocenters. The standard InChI is InChI=1S/C14H20N2O3/c1-4-15-13(17)10-16(5-2)14(18)11-8-6-7-9-12(11)19-3/h6-9H,4-5,10H2,1-3H3,(H,15,17). The zero-order chi connectivity index (χ0) is 14.3. The molecule has 5 nitrogen and oxygen atoms in total. The van der Waals surface area contributed by atoms with Gasteiger partial charge in [-0.05, 0) is 26.0 Å². The summed E-state index contributed by atoms with van der Waals surface area (Å²) < 4.78 is 5.17. The zero-order valence-corrected chi connectivity index (χ0v) is 11.6. The minimum absolute atomic E-state index is 0.0568. The lowest BCUT2D eigenvalue weighted by atomic mass is 10.1. The lowest BCUT2D eigenvalue weighted by Crippen LogP contribution is -2.40. The van der Waals surface area contributed by atoms with E-state index in [2.05, 4.69) is 5.32 Å². The number of hydrogen-bond donors (Lipinski definition) is 1. The average Bonchev–Trinajstić information content (AvgIpc) is 2.44. The summed E-state index contributed by atoms with van der Waals surface area (Å²) in [5.74, 6) is 0.153. The van der Waals surface area contributed by atoms with Crippen LogP contribution in [0.2, 0.25) is 0 Å². The molecule has 0 aliphatic rings. The van der Waals surface area contributed by atoms with Gasteiger partial charge in [-0.2, -0.15) is 0 Å². The second-order valence-corrected chi connectivity index (χ2v) is 3.97. The van der Waals surface area contributed by atoms with Gasteiger partial charge in [-0.3, -0.25) is 9.59 Å². The van der Waals surface area contributed by atoms with Gasteiger partial charge in [0.2, 0.25) is 5.91 Å². The van der Waals surface area contributed by atoms with Crippen LogP contribution in [0.3, 0.4) is 0 Å². The fourth-order valence-electron chi connectivity index (χ4n) is 1.75. The summed E-state index contributed by atoms with van der Waals surface area (Å²) in [5.41, 5.74) is 0.469. The Morgan fingerprint density at radius 1 is 1.26 bits per heavy atom. The van der Waals surface area contributed by atoms with E-state index in [1.165, 1.54) is 12.0 Å². The Labute approximate surface area is 113 Å². The first kappa shape index (κ1) is 15.0. The van der Waals surface area contributed by atoms with Gasteiger partial charge in [-0.15, -0.1) is 0 Å². The summed E-state index contributed by atoms with van der Waals surface area (Å²) in [6, 6.07) is 7.00. The third-order valence-corrected chi connectivity index (χ3v) is 2.71. The molecule has 0 saturated carbocycles. The molecule has 1 aromatic rings. The lowest BCUT2D eigenvalue weighted by molar-refractivity contribution is -0.121. The van der Waals surface area contributed by atoms with E-state index in [1.807, 2.05) is 13.8 Å². The molecule has 2 amide bonds. The quantitative estimate of drug-likeness (QED) is 0.842. The molecule has 0 fully saturated rings. The molecular weight excluding hydrogens is 244 g/mol. The number of carbonyl (C=O) groups is 2. The van der Waals surface area contributed by atoms with Crippen LogP contribution < -0.4 is 10.1 Å².